The highest BCUT2D eigenvalue weighted by Gasteiger charge is 2.33. The van der Waals surface area contributed by atoms with Crippen LogP contribution in [0.2, 0.25) is 5.02 Å². The SMILES string of the molecule is Cc1ccc2c(c1)nc(C1=C(O)CN(c3cccc(Cl)c3C)C1=N)n2C. The van der Waals surface area contributed by atoms with Gasteiger partial charge in [0.25, 0.3) is 0 Å². The number of halogens is 1. The van der Waals surface area contributed by atoms with Gasteiger partial charge in [-0.05, 0) is 49.2 Å². The second-order valence-electron chi connectivity index (χ2n) is 6.63. The van der Waals surface area contributed by atoms with E-state index in [-0.39, 0.29) is 18.1 Å². The molecule has 5 nitrogen and oxygen atoms in total. The smallest absolute Gasteiger partial charge is 0.148 e. The lowest BCUT2D eigenvalue weighted by molar-refractivity contribution is 0.411. The van der Waals surface area contributed by atoms with E-state index in [4.69, 9.17) is 17.0 Å². The van der Waals surface area contributed by atoms with Crippen LogP contribution in [0.5, 0.6) is 0 Å². The van der Waals surface area contributed by atoms with Crippen molar-refractivity contribution < 1.29 is 5.11 Å². The molecule has 0 saturated heterocycles. The Morgan fingerprint density at radius 2 is 1.96 bits per heavy atom. The van der Waals surface area contributed by atoms with Gasteiger partial charge in [0.2, 0.25) is 0 Å². The number of rotatable bonds is 2. The van der Waals surface area contributed by atoms with Gasteiger partial charge in [-0.15, -0.1) is 0 Å². The van der Waals surface area contributed by atoms with Crippen LogP contribution >= 0.6 is 11.6 Å². The van der Waals surface area contributed by atoms with Crippen molar-refractivity contribution in [1.29, 1.82) is 5.41 Å². The van der Waals surface area contributed by atoms with E-state index < -0.39 is 0 Å². The number of nitrogens with zero attached hydrogens (tertiary/aromatic N) is 3. The van der Waals surface area contributed by atoms with Crippen molar-refractivity contribution in [3.63, 3.8) is 0 Å². The predicted octanol–water partition coefficient (Wildman–Crippen LogP) is 4.61. The van der Waals surface area contributed by atoms with Gasteiger partial charge in [0, 0.05) is 17.8 Å². The van der Waals surface area contributed by atoms with E-state index in [1.165, 1.54) is 0 Å². The molecule has 0 radical (unpaired) electrons. The molecule has 0 spiro atoms. The van der Waals surface area contributed by atoms with Crippen LogP contribution in [-0.2, 0) is 7.05 Å². The first-order valence-corrected chi connectivity index (χ1v) is 8.73. The van der Waals surface area contributed by atoms with Crippen LogP contribution in [-0.4, -0.2) is 27.0 Å². The average molecular weight is 367 g/mol. The van der Waals surface area contributed by atoms with Crippen LogP contribution in [0.15, 0.2) is 42.2 Å². The Kier molecular flexibility index (Phi) is 3.77. The second kappa shape index (κ2) is 5.88. The number of aliphatic hydroxyl groups is 1. The van der Waals surface area contributed by atoms with Gasteiger partial charge in [-0.1, -0.05) is 23.7 Å². The number of amidine groups is 1. The first-order valence-electron chi connectivity index (χ1n) is 8.35. The third kappa shape index (κ3) is 2.39. The van der Waals surface area contributed by atoms with Gasteiger partial charge >= 0.3 is 0 Å². The standard InChI is InChI=1S/C20H19ClN4O/c1-11-7-8-16-14(9-11)23-20(24(16)3)18-17(26)10-25(19(18)22)15-6-4-5-13(21)12(15)2/h4-9,22,26H,10H2,1-3H3. The first-order chi connectivity index (χ1) is 12.4. The Morgan fingerprint density at radius 3 is 2.73 bits per heavy atom. The third-order valence-electron chi connectivity index (χ3n) is 4.89. The summed E-state index contributed by atoms with van der Waals surface area (Å²) in [7, 11) is 1.90. The van der Waals surface area contributed by atoms with Crippen molar-refractivity contribution in [3.8, 4) is 0 Å². The Labute approximate surface area is 156 Å². The van der Waals surface area contributed by atoms with Crippen LogP contribution in [0.4, 0.5) is 5.69 Å². The van der Waals surface area contributed by atoms with E-state index in [2.05, 4.69) is 4.98 Å². The lowest BCUT2D eigenvalue weighted by Gasteiger charge is -2.21. The monoisotopic (exact) mass is 366 g/mol. The summed E-state index contributed by atoms with van der Waals surface area (Å²) in [4.78, 5) is 6.44. The van der Waals surface area contributed by atoms with E-state index >= 15 is 0 Å². The molecule has 26 heavy (non-hydrogen) atoms. The highest BCUT2D eigenvalue weighted by molar-refractivity contribution is 6.33. The molecule has 1 aliphatic rings. The van der Waals surface area contributed by atoms with Crippen molar-refractivity contribution >= 4 is 39.7 Å². The van der Waals surface area contributed by atoms with E-state index in [9.17, 15) is 5.11 Å². The average Bonchev–Trinajstić information content (AvgIpc) is 3.06. The summed E-state index contributed by atoms with van der Waals surface area (Å²) in [6.45, 7) is 4.17. The lowest BCUT2D eigenvalue weighted by Crippen LogP contribution is -2.27. The van der Waals surface area contributed by atoms with Crippen LogP contribution < -0.4 is 4.90 Å². The van der Waals surface area contributed by atoms with E-state index in [1.807, 2.05) is 61.9 Å². The number of aryl methyl sites for hydroxylation is 2. The molecular weight excluding hydrogens is 348 g/mol. The predicted molar refractivity (Wildman–Crippen MR) is 106 cm³/mol. The zero-order valence-electron chi connectivity index (χ0n) is 14.8. The molecule has 0 amide bonds. The molecule has 4 rings (SSSR count). The molecule has 2 aromatic carbocycles. The fourth-order valence-electron chi connectivity index (χ4n) is 3.44. The largest absolute Gasteiger partial charge is 0.509 e. The number of hydrogen-bond acceptors (Lipinski definition) is 3. The van der Waals surface area contributed by atoms with Gasteiger partial charge in [0.05, 0.1) is 23.2 Å². The molecule has 0 fully saturated rings. The molecule has 3 aromatic rings. The quantitative estimate of drug-likeness (QED) is 0.696. The van der Waals surface area contributed by atoms with Crippen LogP contribution in [0.3, 0.4) is 0 Å². The molecule has 0 atom stereocenters. The van der Waals surface area contributed by atoms with E-state index in [0.717, 1.165) is 27.8 Å². The van der Waals surface area contributed by atoms with Crippen molar-refractivity contribution in [2.45, 2.75) is 13.8 Å². The Balaban J connectivity index is 1.81. The highest BCUT2D eigenvalue weighted by atomic mass is 35.5. The summed E-state index contributed by atoms with van der Waals surface area (Å²) >= 11 is 6.23. The molecule has 1 aliphatic heterocycles. The van der Waals surface area contributed by atoms with Crippen molar-refractivity contribution in [3.05, 3.63) is 64.1 Å². The zero-order valence-corrected chi connectivity index (χ0v) is 15.6. The van der Waals surface area contributed by atoms with Crippen molar-refractivity contribution in [2.75, 3.05) is 11.4 Å². The lowest BCUT2D eigenvalue weighted by atomic mass is 10.1. The number of anilines is 1. The fourth-order valence-corrected chi connectivity index (χ4v) is 3.61. The summed E-state index contributed by atoms with van der Waals surface area (Å²) in [5, 5.41) is 19.9. The van der Waals surface area contributed by atoms with Crippen LogP contribution in [0.25, 0.3) is 16.6 Å². The summed E-state index contributed by atoms with van der Waals surface area (Å²) in [6.07, 6.45) is 0. The maximum Gasteiger partial charge on any atom is 0.148 e. The minimum Gasteiger partial charge on any atom is -0.509 e. The van der Waals surface area contributed by atoms with Crippen molar-refractivity contribution in [2.24, 2.45) is 7.05 Å². The van der Waals surface area contributed by atoms with E-state index in [1.54, 1.807) is 4.90 Å². The number of hydrogen-bond donors (Lipinski definition) is 2. The normalized spacial score (nSPS) is 14.8. The minimum atomic E-state index is 0.143. The molecule has 1 aromatic heterocycles. The second-order valence-corrected chi connectivity index (χ2v) is 7.03. The maximum absolute atomic E-state index is 10.6. The number of imidazole rings is 1. The maximum atomic E-state index is 10.6. The van der Waals surface area contributed by atoms with Gasteiger partial charge in [0.1, 0.15) is 17.4 Å². The summed E-state index contributed by atoms with van der Waals surface area (Å²) < 4.78 is 1.92. The Bertz CT molecular complexity index is 1100. The molecule has 2 heterocycles. The summed E-state index contributed by atoms with van der Waals surface area (Å²) in [5.41, 5.74) is 5.11. The van der Waals surface area contributed by atoms with Crippen molar-refractivity contribution in [1.82, 2.24) is 9.55 Å². The van der Waals surface area contributed by atoms with Gasteiger partial charge in [-0.25, -0.2) is 4.98 Å². The molecule has 0 unspecified atom stereocenters. The van der Waals surface area contributed by atoms with Crippen LogP contribution in [0, 0.1) is 19.3 Å². The molecule has 0 saturated carbocycles. The number of nitrogens with one attached hydrogen (secondary N) is 1. The topological polar surface area (TPSA) is 65.1 Å². The van der Waals surface area contributed by atoms with Gasteiger partial charge in [-0.3, -0.25) is 5.41 Å². The van der Waals surface area contributed by atoms with Gasteiger partial charge < -0.3 is 14.6 Å². The van der Waals surface area contributed by atoms with Crippen LogP contribution in [0.1, 0.15) is 17.0 Å². The van der Waals surface area contributed by atoms with E-state index in [0.29, 0.717) is 16.4 Å². The molecule has 132 valence electrons. The Hall–Kier alpha value is -2.79. The number of fused-ring (bicyclic) bond motifs is 1. The van der Waals surface area contributed by atoms with Gasteiger partial charge in [-0.2, -0.15) is 0 Å². The summed E-state index contributed by atoms with van der Waals surface area (Å²) in [5.74, 6) is 0.961. The molecule has 2 N–H and O–H groups in total. The third-order valence-corrected chi connectivity index (χ3v) is 5.30. The molecule has 0 bridgehead atoms. The zero-order chi connectivity index (χ0) is 18.6. The Morgan fingerprint density at radius 1 is 1.19 bits per heavy atom. The highest BCUT2D eigenvalue weighted by Crippen LogP contribution is 2.35. The fraction of sp³-hybridized carbons (Fsp3) is 0.200. The molecule has 6 heteroatoms. The minimum absolute atomic E-state index is 0.143. The number of aromatic nitrogens is 2. The molecule has 0 aliphatic carbocycles. The number of benzene rings is 2. The summed E-state index contributed by atoms with van der Waals surface area (Å²) in [6, 6.07) is 11.6. The number of aliphatic hydroxyl groups excluding tert-OH is 1. The van der Waals surface area contributed by atoms with Gasteiger partial charge in [0.15, 0.2) is 0 Å². The first kappa shape index (κ1) is 16.7. The molecular formula is C20H19ClN4O.